The monoisotopic (exact) mass is 144 g/mol. The Morgan fingerprint density at radius 1 is 1.80 bits per heavy atom. The lowest BCUT2D eigenvalue weighted by atomic mass is 10.1. The molecule has 0 bridgehead atoms. The molecule has 0 aromatic carbocycles. The molecule has 0 saturated heterocycles. The van der Waals surface area contributed by atoms with Crippen molar-refractivity contribution < 1.29 is 9.53 Å². The van der Waals surface area contributed by atoms with E-state index in [-0.39, 0.29) is 0 Å². The molecule has 3 heteroatoms. The molecule has 0 aliphatic rings. The topological polar surface area (TPSA) is 52.3 Å². The van der Waals surface area contributed by atoms with Gasteiger partial charge in [0.1, 0.15) is 13.2 Å². The molecule has 0 fully saturated rings. The first-order valence-electron chi connectivity index (χ1n) is 3.43. The van der Waals surface area contributed by atoms with Crippen LogP contribution in [-0.4, -0.2) is 12.0 Å². The maximum Gasteiger partial charge on any atom is 0.323 e. The number of carbonyl (C=O) groups is 1. The fourth-order valence-electron chi connectivity index (χ4n) is 0.649. The zero-order chi connectivity index (χ0) is 7.98. The molecular weight excluding hydrogens is 130 g/mol. The van der Waals surface area contributed by atoms with E-state index in [0.29, 0.717) is 6.42 Å². The molecule has 2 N–H and O–H groups in total. The second-order valence-electron chi connectivity index (χ2n) is 2.21. The summed E-state index contributed by atoms with van der Waals surface area (Å²) in [6.07, 6.45) is 2.68. The van der Waals surface area contributed by atoms with Crippen LogP contribution in [0.2, 0.25) is 0 Å². The molecule has 0 amide bonds. The lowest BCUT2D eigenvalue weighted by Crippen LogP contribution is -2.30. The first kappa shape index (κ1) is 9.43. The number of hydrogen-bond acceptors (Lipinski definition) is 3. The minimum absolute atomic E-state index is 0.423. The van der Waals surface area contributed by atoms with Gasteiger partial charge in [-0.05, 0) is 6.42 Å². The number of nitrogens with two attached hydrogens (primary N) is 1. The van der Waals surface area contributed by atoms with Gasteiger partial charge in [-0.15, -0.1) is 0 Å². The molecule has 1 radical (unpaired) electrons. The van der Waals surface area contributed by atoms with E-state index >= 15 is 0 Å². The van der Waals surface area contributed by atoms with Gasteiger partial charge in [0.05, 0.1) is 0 Å². The van der Waals surface area contributed by atoms with Crippen LogP contribution in [0.4, 0.5) is 0 Å². The fraction of sp³-hybridized carbons (Fsp3) is 0.714. The number of esters is 1. The third kappa shape index (κ3) is 3.45. The van der Waals surface area contributed by atoms with E-state index in [4.69, 9.17) is 5.73 Å². The van der Waals surface area contributed by atoms with Crippen LogP contribution in [0.25, 0.3) is 0 Å². The van der Waals surface area contributed by atoms with Gasteiger partial charge in [0.25, 0.3) is 0 Å². The van der Waals surface area contributed by atoms with E-state index in [1.165, 1.54) is 0 Å². The van der Waals surface area contributed by atoms with Crippen LogP contribution in [0.15, 0.2) is 0 Å². The Hall–Kier alpha value is -0.570. The largest absolute Gasteiger partial charge is 0.461 e. The van der Waals surface area contributed by atoms with Gasteiger partial charge in [-0.25, -0.2) is 0 Å². The van der Waals surface area contributed by atoms with E-state index in [2.05, 4.69) is 11.8 Å². The molecule has 59 valence electrons. The molecule has 3 nitrogen and oxygen atoms in total. The van der Waals surface area contributed by atoms with Crippen molar-refractivity contribution in [3.05, 3.63) is 7.11 Å². The highest BCUT2D eigenvalue weighted by molar-refractivity contribution is 5.75. The van der Waals surface area contributed by atoms with Crippen molar-refractivity contribution in [1.29, 1.82) is 0 Å². The third-order valence-corrected chi connectivity index (χ3v) is 1.31. The van der Waals surface area contributed by atoms with E-state index in [0.717, 1.165) is 12.8 Å². The second kappa shape index (κ2) is 5.23. The van der Waals surface area contributed by atoms with Gasteiger partial charge in [-0.1, -0.05) is 19.8 Å². The van der Waals surface area contributed by atoms with Crippen LogP contribution in [0.1, 0.15) is 26.2 Å². The summed E-state index contributed by atoms with van der Waals surface area (Å²) >= 11 is 0. The molecular formula is C7H14NO2. The minimum atomic E-state index is -0.488. The first-order chi connectivity index (χ1) is 4.72. The molecule has 0 saturated carbocycles. The Balaban J connectivity index is 3.41. The highest BCUT2D eigenvalue weighted by Gasteiger charge is 2.11. The maximum atomic E-state index is 10.6. The molecule has 10 heavy (non-hydrogen) atoms. The zero-order valence-corrected chi connectivity index (χ0v) is 6.30. The summed E-state index contributed by atoms with van der Waals surface area (Å²) in [6.45, 7) is 2.04. The van der Waals surface area contributed by atoms with Gasteiger partial charge in [-0.2, -0.15) is 0 Å². The molecule has 0 aliphatic heterocycles. The molecule has 0 rings (SSSR count). The predicted octanol–water partition coefficient (Wildman–Crippen LogP) is 0.839. The Labute approximate surface area is 61.5 Å². The summed E-state index contributed by atoms with van der Waals surface area (Å²) in [4.78, 5) is 10.6. The smallest absolute Gasteiger partial charge is 0.323 e. The predicted molar refractivity (Wildman–Crippen MR) is 38.9 cm³/mol. The van der Waals surface area contributed by atoms with Crippen LogP contribution in [0, 0.1) is 7.11 Å². The summed E-state index contributed by atoms with van der Waals surface area (Å²) in [6, 6.07) is -0.488. The van der Waals surface area contributed by atoms with Gasteiger partial charge < -0.3 is 10.5 Å². The molecule has 1 atom stereocenters. The normalized spacial score (nSPS) is 12.7. The van der Waals surface area contributed by atoms with Crippen LogP contribution in [-0.2, 0) is 9.53 Å². The summed E-state index contributed by atoms with van der Waals surface area (Å²) in [5.41, 5.74) is 5.40. The molecule has 0 spiro atoms. The van der Waals surface area contributed by atoms with Crippen LogP contribution in [0.5, 0.6) is 0 Å². The van der Waals surface area contributed by atoms with Gasteiger partial charge in [-0.3, -0.25) is 4.79 Å². The van der Waals surface area contributed by atoms with E-state index in [1.807, 2.05) is 6.92 Å². The number of hydrogen-bond donors (Lipinski definition) is 1. The zero-order valence-electron chi connectivity index (χ0n) is 6.30. The maximum absolute atomic E-state index is 10.6. The van der Waals surface area contributed by atoms with E-state index in [9.17, 15) is 4.79 Å². The van der Waals surface area contributed by atoms with Gasteiger partial charge in [0.2, 0.25) is 0 Å². The fourth-order valence-corrected chi connectivity index (χ4v) is 0.649. The van der Waals surface area contributed by atoms with Crippen molar-refractivity contribution in [1.82, 2.24) is 0 Å². The van der Waals surface area contributed by atoms with Crippen LogP contribution < -0.4 is 5.73 Å². The molecule has 0 aromatic rings. The van der Waals surface area contributed by atoms with Crippen LogP contribution in [0.3, 0.4) is 0 Å². The Morgan fingerprint density at radius 3 is 2.80 bits per heavy atom. The lowest BCUT2D eigenvalue weighted by Gasteiger charge is -2.06. The van der Waals surface area contributed by atoms with Gasteiger partial charge >= 0.3 is 5.97 Å². The lowest BCUT2D eigenvalue weighted by molar-refractivity contribution is -0.140. The third-order valence-electron chi connectivity index (χ3n) is 1.31. The number of carbonyl (C=O) groups excluding carboxylic acids is 1. The minimum Gasteiger partial charge on any atom is -0.461 e. The molecule has 0 heterocycles. The standard InChI is InChI=1S/C7H14NO2/c1-3-4-5-6(8)7(9)10-2/h6H,2-5,8H2,1H3/t6-/m0/s1. The SMILES string of the molecule is [CH2]OC(=O)[C@@H](N)CCCC. The molecule has 0 aromatic heterocycles. The van der Waals surface area contributed by atoms with Crippen molar-refractivity contribution in [2.24, 2.45) is 5.73 Å². The highest BCUT2D eigenvalue weighted by atomic mass is 16.5. The number of ether oxygens (including phenoxy) is 1. The van der Waals surface area contributed by atoms with Crippen molar-refractivity contribution in [3.8, 4) is 0 Å². The molecule has 0 unspecified atom stereocenters. The highest BCUT2D eigenvalue weighted by Crippen LogP contribution is 1.98. The summed E-state index contributed by atoms with van der Waals surface area (Å²) in [7, 11) is 2.99. The Bertz CT molecular complexity index is 104. The van der Waals surface area contributed by atoms with Crippen molar-refractivity contribution in [2.75, 3.05) is 0 Å². The van der Waals surface area contributed by atoms with Gasteiger partial charge in [0, 0.05) is 0 Å². The second-order valence-corrected chi connectivity index (χ2v) is 2.21. The van der Waals surface area contributed by atoms with E-state index in [1.54, 1.807) is 0 Å². The van der Waals surface area contributed by atoms with Crippen molar-refractivity contribution >= 4 is 5.97 Å². The van der Waals surface area contributed by atoms with Gasteiger partial charge in [0.15, 0.2) is 0 Å². The number of rotatable bonds is 4. The Morgan fingerprint density at radius 2 is 2.40 bits per heavy atom. The molecule has 0 aliphatic carbocycles. The quantitative estimate of drug-likeness (QED) is 0.595. The Kier molecular flexibility index (Phi) is 4.94. The summed E-state index contributed by atoms with van der Waals surface area (Å²) in [5, 5.41) is 0. The van der Waals surface area contributed by atoms with Crippen LogP contribution >= 0.6 is 0 Å². The summed E-state index contributed by atoms with van der Waals surface area (Å²) < 4.78 is 4.20. The average molecular weight is 144 g/mol. The van der Waals surface area contributed by atoms with Crippen molar-refractivity contribution in [2.45, 2.75) is 32.2 Å². The first-order valence-corrected chi connectivity index (χ1v) is 3.43. The van der Waals surface area contributed by atoms with E-state index < -0.39 is 12.0 Å². The summed E-state index contributed by atoms with van der Waals surface area (Å²) in [5.74, 6) is -0.423. The average Bonchev–Trinajstić information content (AvgIpc) is 1.98. The number of unbranched alkanes of at least 4 members (excludes halogenated alkanes) is 1. The van der Waals surface area contributed by atoms with Crippen molar-refractivity contribution in [3.63, 3.8) is 0 Å².